The van der Waals surface area contributed by atoms with Gasteiger partial charge in [-0.3, -0.25) is 4.79 Å². The first-order chi connectivity index (χ1) is 8.65. The van der Waals surface area contributed by atoms with E-state index in [0.29, 0.717) is 6.54 Å². The molecule has 0 aromatic heterocycles. The molecule has 0 unspecified atom stereocenters. The number of likely N-dealkylation sites (tertiary alicyclic amines) is 1. The zero-order valence-electron chi connectivity index (χ0n) is 10.7. The molecule has 1 saturated heterocycles. The second-order valence-electron chi connectivity index (χ2n) is 4.97. The summed E-state index contributed by atoms with van der Waals surface area (Å²) in [6.07, 6.45) is 2.51. The second kappa shape index (κ2) is 6.34. The molecular formula is C14H20BrN2O+. The van der Waals surface area contributed by atoms with Crippen molar-refractivity contribution in [2.45, 2.75) is 25.8 Å². The monoisotopic (exact) mass is 311 g/mol. The number of nitrogens with one attached hydrogen (secondary N) is 2. The van der Waals surface area contributed by atoms with Gasteiger partial charge in [0.05, 0.1) is 19.1 Å². The van der Waals surface area contributed by atoms with E-state index >= 15 is 0 Å². The van der Waals surface area contributed by atoms with Gasteiger partial charge in [-0.2, -0.15) is 0 Å². The molecule has 1 atom stereocenters. The van der Waals surface area contributed by atoms with Gasteiger partial charge in [-0.1, -0.05) is 28.1 Å². The van der Waals surface area contributed by atoms with E-state index in [-0.39, 0.29) is 11.9 Å². The predicted molar refractivity (Wildman–Crippen MR) is 75.5 cm³/mol. The van der Waals surface area contributed by atoms with E-state index in [2.05, 4.69) is 21.2 Å². The fraction of sp³-hybridized carbons (Fsp3) is 0.500. The molecule has 1 amide bonds. The quantitative estimate of drug-likeness (QED) is 0.863. The molecule has 0 bridgehead atoms. The second-order valence-corrected chi connectivity index (χ2v) is 5.89. The Hall–Kier alpha value is -0.870. The van der Waals surface area contributed by atoms with E-state index in [4.69, 9.17) is 0 Å². The van der Waals surface area contributed by atoms with Gasteiger partial charge in [-0.05, 0) is 24.6 Å². The van der Waals surface area contributed by atoms with Crippen molar-refractivity contribution in [3.63, 3.8) is 0 Å². The van der Waals surface area contributed by atoms with Crippen LogP contribution in [0, 0.1) is 0 Å². The molecule has 1 aromatic rings. The first-order valence-electron chi connectivity index (χ1n) is 6.53. The Kier molecular flexibility index (Phi) is 4.78. The third kappa shape index (κ3) is 3.82. The largest absolute Gasteiger partial charge is 0.345 e. The Morgan fingerprint density at radius 1 is 1.33 bits per heavy atom. The van der Waals surface area contributed by atoms with Crippen molar-refractivity contribution in [3.05, 3.63) is 34.3 Å². The molecule has 0 aliphatic carbocycles. The molecule has 0 spiro atoms. The Balaban J connectivity index is 1.84. The van der Waals surface area contributed by atoms with Crippen LogP contribution in [0.2, 0.25) is 0 Å². The normalized spacial score (nSPS) is 17.7. The van der Waals surface area contributed by atoms with Gasteiger partial charge in [0.15, 0.2) is 6.54 Å². The summed E-state index contributed by atoms with van der Waals surface area (Å²) in [7, 11) is 0. The number of hydrogen-bond acceptors (Lipinski definition) is 1. The van der Waals surface area contributed by atoms with Crippen LogP contribution in [0.15, 0.2) is 28.7 Å². The standard InChI is InChI=1S/C14H19BrN2O/c1-11(12-4-6-13(15)7-5-12)16-14(18)10-17-8-2-3-9-17/h4-7,11H,2-3,8-10H2,1H3,(H,16,18)/p+1/t11-/m1/s1. The topological polar surface area (TPSA) is 33.5 Å². The van der Waals surface area contributed by atoms with Crippen molar-refractivity contribution in [3.8, 4) is 0 Å². The van der Waals surface area contributed by atoms with E-state index in [0.717, 1.165) is 23.1 Å². The van der Waals surface area contributed by atoms with Gasteiger partial charge >= 0.3 is 0 Å². The summed E-state index contributed by atoms with van der Waals surface area (Å²) in [6, 6.07) is 8.16. The van der Waals surface area contributed by atoms with Crippen LogP contribution in [0.5, 0.6) is 0 Å². The average molecular weight is 312 g/mol. The summed E-state index contributed by atoms with van der Waals surface area (Å²) in [5.41, 5.74) is 1.14. The smallest absolute Gasteiger partial charge is 0.275 e. The first kappa shape index (κ1) is 13.6. The van der Waals surface area contributed by atoms with Crippen molar-refractivity contribution in [1.82, 2.24) is 5.32 Å². The van der Waals surface area contributed by atoms with Gasteiger partial charge in [0.1, 0.15) is 0 Å². The lowest BCUT2D eigenvalue weighted by molar-refractivity contribution is -0.879. The molecule has 1 fully saturated rings. The number of halogens is 1. The van der Waals surface area contributed by atoms with Crippen molar-refractivity contribution in [1.29, 1.82) is 0 Å². The fourth-order valence-electron chi connectivity index (χ4n) is 2.41. The molecule has 98 valence electrons. The lowest BCUT2D eigenvalue weighted by Gasteiger charge is -2.16. The molecule has 2 N–H and O–H groups in total. The molecule has 18 heavy (non-hydrogen) atoms. The first-order valence-corrected chi connectivity index (χ1v) is 7.33. The maximum atomic E-state index is 11.9. The number of rotatable bonds is 4. The molecule has 4 heteroatoms. The third-order valence-corrected chi connectivity index (χ3v) is 4.00. The zero-order valence-corrected chi connectivity index (χ0v) is 12.3. The van der Waals surface area contributed by atoms with Gasteiger partial charge in [0.25, 0.3) is 5.91 Å². The van der Waals surface area contributed by atoms with Crippen LogP contribution in [-0.4, -0.2) is 25.5 Å². The van der Waals surface area contributed by atoms with Crippen LogP contribution in [0.1, 0.15) is 31.4 Å². The molecule has 1 aliphatic heterocycles. The van der Waals surface area contributed by atoms with Crippen molar-refractivity contribution in [2.24, 2.45) is 0 Å². The van der Waals surface area contributed by atoms with E-state index in [1.165, 1.54) is 17.7 Å². The molecule has 3 nitrogen and oxygen atoms in total. The van der Waals surface area contributed by atoms with Crippen molar-refractivity contribution in [2.75, 3.05) is 19.6 Å². The fourth-order valence-corrected chi connectivity index (χ4v) is 2.67. The van der Waals surface area contributed by atoms with Crippen LogP contribution in [0.3, 0.4) is 0 Å². The Morgan fingerprint density at radius 3 is 2.56 bits per heavy atom. The highest BCUT2D eigenvalue weighted by molar-refractivity contribution is 9.10. The zero-order chi connectivity index (χ0) is 13.0. The Labute approximate surface area is 117 Å². The molecule has 0 saturated carbocycles. The number of hydrogen-bond donors (Lipinski definition) is 2. The van der Waals surface area contributed by atoms with Gasteiger partial charge in [0.2, 0.25) is 0 Å². The Bertz CT molecular complexity index is 399. The summed E-state index contributed by atoms with van der Waals surface area (Å²) in [5.74, 6) is 0.155. The highest BCUT2D eigenvalue weighted by atomic mass is 79.9. The average Bonchev–Trinajstić information content (AvgIpc) is 2.82. The lowest BCUT2D eigenvalue weighted by Crippen LogP contribution is -3.11. The van der Waals surface area contributed by atoms with E-state index in [1.807, 2.05) is 31.2 Å². The molecule has 0 radical (unpaired) electrons. The summed E-state index contributed by atoms with van der Waals surface area (Å²) >= 11 is 3.41. The van der Waals surface area contributed by atoms with Crippen LogP contribution >= 0.6 is 15.9 Å². The molecule has 1 aliphatic rings. The lowest BCUT2D eigenvalue weighted by atomic mass is 10.1. The molecular weight excluding hydrogens is 292 g/mol. The number of benzene rings is 1. The summed E-state index contributed by atoms with van der Waals surface area (Å²) in [4.78, 5) is 13.3. The minimum absolute atomic E-state index is 0.0765. The minimum atomic E-state index is 0.0765. The molecule has 1 heterocycles. The van der Waals surface area contributed by atoms with Crippen LogP contribution in [-0.2, 0) is 4.79 Å². The summed E-state index contributed by atoms with van der Waals surface area (Å²) in [5, 5.41) is 3.07. The van der Waals surface area contributed by atoms with Crippen molar-refractivity contribution < 1.29 is 9.69 Å². The predicted octanol–water partition coefficient (Wildman–Crippen LogP) is 1.31. The van der Waals surface area contributed by atoms with Gasteiger partial charge in [-0.25, -0.2) is 0 Å². The van der Waals surface area contributed by atoms with Gasteiger partial charge in [0, 0.05) is 17.3 Å². The summed E-state index contributed by atoms with van der Waals surface area (Å²) < 4.78 is 1.06. The maximum Gasteiger partial charge on any atom is 0.275 e. The molecule has 2 rings (SSSR count). The number of carbonyl (C=O) groups is 1. The number of amides is 1. The van der Waals surface area contributed by atoms with E-state index in [1.54, 1.807) is 0 Å². The van der Waals surface area contributed by atoms with Crippen LogP contribution in [0.25, 0.3) is 0 Å². The maximum absolute atomic E-state index is 11.9. The Morgan fingerprint density at radius 2 is 1.94 bits per heavy atom. The third-order valence-electron chi connectivity index (χ3n) is 3.47. The number of quaternary nitrogens is 1. The van der Waals surface area contributed by atoms with Crippen LogP contribution < -0.4 is 10.2 Å². The van der Waals surface area contributed by atoms with Gasteiger partial charge < -0.3 is 10.2 Å². The van der Waals surface area contributed by atoms with Crippen molar-refractivity contribution >= 4 is 21.8 Å². The summed E-state index contributed by atoms with van der Waals surface area (Å²) in [6.45, 7) is 4.92. The van der Waals surface area contributed by atoms with Gasteiger partial charge in [-0.15, -0.1) is 0 Å². The number of carbonyl (C=O) groups excluding carboxylic acids is 1. The highest BCUT2D eigenvalue weighted by Gasteiger charge is 2.19. The molecule has 1 aromatic carbocycles. The minimum Gasteiger partial charge on any atom is -0.345 e. The highest BCUT2D eigenvalue weighted by Crippen LogP contribution is 2.16. The van der Waals surface area contributed by atoms with Crippen LogP contribution in [0.4, 0.5) is 0 Å². The SMILES string of the molecule is C[C@@H](NC(=O)C[NH+]1CCCC1)c1ccc(Br)cc1. The van der Waals surface area contributed by atoms with E-state index < -0.39 is 0 Å². The van der Waals surface area contributed by atoms with E-state index in [9.17, 15) is 4.79 Å².